The summed E-state index contributed by atoms with van der Waals surface area (Å²) in [5.74, 6) is 0.376. The monoisotopic (exact) mass is 454 g/mol. The predicted octanol–water partition coefficient (Wildman–Crippen LogP) is 6.23. The standard InChI is InChI=1S/C13H26O5.C8H16O5/c1-6-8-9-11(7-2)10-15-12(14)16-18-17-13(3,4)5;1-6(2)10-7(9)11-13-12-8(3,4)5/h11H,6-10H2,1-5H3;6H,1-5H3. The third kappa shape index (κ3) is 26.3. The number of hydrogen-bond acceptors (Lipinski definition) is 10. The fourth-order valence-electron chi connectivity index (χ4n) is 1.61. The lowest BCUT2D eigenvalue weighted by molar-refractivity contribution is -0.515. The van der Waals surface area contributed by atoms with E-state index in [4.69, 9.17) is 9.62 Å². The highest BCUT2D eigenvalue weighted by Gasteiger charge is 2.16. The molecule has 0 aromatic heterocycles. The van der Waals surface area contributed by atoms with Gasteiger partial charge in [0.05, 0.1) is 23.9 Å². The third-order valence-electron chi connectivity index (χ3n) is 3.08. The molecule has 0 heterocycles. The van der Waals surface area contributed by atoms with Crippen LogP contribution in [0.4, 0.5) is 9.59 Å². The molecule has 0 fully saturated rings. The van der Waals surface area contributed by atoms with E-state index in [-0.39, 0.29) is 6.10 Å². The zero-order chi connectivity index (χ0) is 24.5. The quantitative estimate of drug-likeness (QED) is 0.202. The molecule has 0 aromatic carbocycles. The van der Waals surface area contributed by atoms with E-state index in [1.165, 1.54) is 0 Å². The summed E-state index contributed by atoms with van der Waals surface area (Å²) in [6.07, 6.45) is 2.29. The molecule has 0 saturated carbocycles. The van der Waals surface area contributed by atoms with Crippen LogP contribution < -0.4 is 0 Å². The molecule has 0 aliphatic rings. The Bertz CT molecular complexity index is 466. The molecule has 0 spiro atoms. The van der Waals surface area contributed by atoms with Crippen LogP contribution in [0.3, 0.4) is 0 Å². The third-order valence-corrected chi connectivity index (χ3v) is 3.08. The summed E-state index contributed by atoms with van der Waals surface area (Å²) >= 11 is 0. The van der Waals surface area contributed by atoms with Gasteiger partial charge in [-0.2, -0.15) is 9.78 Å². The van der Waals surface area contributed by atoms with Crippen molar-refractivity contribution in [3.8, 4) is 0 Å². The van der Waals surface area contributed by atoms with E-state index in [1.807, 2.05) is 0 Å². The van der Waals surface area contributed by atoms with Gasteiger partial charge in [0.25, 0.3) is 0 Å². The zero-order valence-electron chi connectivity index (χ0n) is 20.8. The molecule has 10 nitrogen and oxygen atoms in total. The molecule has 0 aromatic rings. The minimum Gasteiger partial charge on any atom is -0.432 e. The second kappa shape index (κ2) is 17.0. The van der Waals surface area contributed by atoms with Gasteiger partial charge in [0.2, 0.25) is 0 Å². The molecular weight excluding hydrogens is 412 g/mol. The van der Waals surface area contributed by atoms with Gasteiger partial charge in [-0.25, -0.2) is 19.4 Å². The normalized spacial score (nSPS) is 12.5. The highest BCUT2D eigenvalue weighted by atomic mass is 17.5. The summed E-state index contributed by atoms with van der Waals surface area (Å²) in [6, 6.07) is 0. The van der Waals surface area contributed by atoms with Crippen LogP contribution in [0.1, 0.15) is 94.9 Å². The Morgan fingerprint density at radius 2 is 1.29 bits per heavy atom. The second-order valence-corrected chi connectivity index (χ2v) is 9.09. The van der Waals surface area contributed by atoms with Crippen LogP contribution in [0.5, 0.6) is 0 Å². The van der Waals surface area contributed by atoms with Gasteiger partial charge < -0.3 is 9.47 Å². The summed E-state index contributed by atoms with van der Waals surface area (Å²) in [6.45, 7) is 18.6. The van der Waals surface area contributed by atoms with Crippen LogP contribution in [-0.4, -0.2) is 36.2 Å². The number of unbranched alkanes of at least 4 members (excludes halogenated alkanes) is 1. The van der Waals surface area contributed by atoms with Crippen LogP contribution in [0.2, 0.25) is 0 Å². The van der Waals surface area contributed by atoms with Crippen molar-refractivity contribution in [3.63, 3.8) is 0 Å². The average molecular weight is 455 g/mol. The molecule has 0 aliphatic heterocycles. The Kier molecular flexibility index (Phi) is 17.3. The maximum absolute atomic E-state index is 11.2. The first-order chi connectivity index (χ1) is 14.2. The smallest absolute Gasteiger partial charge is 0.432 e. The van der Waals surface area contributed by atoms with E-state index < -0.39 is 23.5 Å². The van der Waals surface area contributed by atoms with Gasteiger partial charge in [-0.15, -0.1) is 0 Å². The van der Waals surface area contributed by atoms with Gasteiger partial charge in [-0.1, -0.05) is 33.1 Å². The summed E-state index contributed by atoms with van der Waals surface area (Å²) in [5.41, 5.74) is -1.06. The molecule has 0 N–H and O–H groups in total. The van der Waals surface area contributed by atoms with Crippen molar-refractivity contribution < 1.29 is 48.7 Å². The van der Waals surface area contributed by atoms with E-state index in [0.717, 1.165) is 25.7 Å². The first-order valence-corrected chi connectivity index (χ1v) is 10.6. The first kappa shape index (κ1) is 31.6. The zero-order valence-corrected chi connectivity index (χ0v) is 20.8. The number of ether oxygens (including phenoxy) is 2. The number of hydrogen-bond donors (Lipinski definition) is 0. The van der Waals surface area contributed by atoms with Crippen molar-refractivity contribution in [2.45, 2.75) is 112 Å². The Labute approximate surface area is 186 Å². The molecular formula is C21H42O10. The van der Waals surface area contributed by atoms with Crippen molar-refractivity contribution in [3.05, 3.63) is 0 Å². The van der Waals surface area contributed by atoms with Gasteiger partial charge in [0.1, 0.15) is 0 Å². The van der Waals surface area contributed by atoms with Crippen LogP contribution in [-0.2, 0) is 39.1 Å². The van der Waals surface area contributed by atoms with E-state index in [9.17, 15) is 9.59 Å². The predicted molar refractivity (Wildman–Crippen MR) is 112 cm³/mol. The number of carbonyl (C=O) groups excluding carboxylic acids is 2. The second-order valence-electron chi connectivity index (χ2n) is 9.09. The maximum atomic E-state index is 11.2. The lowest BCUT2D eigenvalue weighted by Crippen LogP contribution is -2.22. The number of carbonyl (C=O) groups is 2. The molecule has 0 radical (unpaired) electrons. The molecule has 0 amide bonds. The molecule has 0 rings (SSSR count). The Morgan fingerprint density at radius 1 is 0.806 bits per heavy atom. The van der Waals surface area contributed by atoms with E-state index >= 15 is 0 Å². The van der Waals surface area contributed by atoms with Gasteiger partial charge in [0, 0.05) is 0 Å². The minimum absolute atomic E-state index is 0.245. The molecule has 186 valence electrons. The Hall–Kier alpha value is -1.62. The Balaban J connectivity index is 0. The highest BCUT2D eigenvalue weighted by molar-refractivity contribution is 5.59. The van der Waals surface area contributed by atoms with Crippen LogP contribution in [0.25, 0.3) is 0 Å². The van der Waals surface area contributed by atoms with Crippen molar-refractivity contribution >= 4 is 12.3 Å². The molecule has 0 saturated heterocycles. The summed E-state index contributed by atoms with van der Waals surface area (Å²) < 4.78 is 9.54. The van der Waals surface area contributed by atoms with Crippen molar-refractivity contribution in [2.24, 2.45) is 5.92 Å². The van der Waals surface area contributed by atoms with E-state index in [0.29, 0.717) is 12.5 Å². The number of rotatable bonds is 11. The molecule has 1 unspecified atom stereocenters. The van der Waals surface area contributed by atoms with Crippen LogP contribution in [0, 0.1) is 5.92 Å². The van der Waals surface area contributed by atoms with Crippen molar-refractivity contribution in [1.29, 1.82) is 0 Å². The molecule has 0 bridgehead atoms. The summed E-state index contributed by atoms with van der Waals surface area (Å²) in [5, 5.41) is 8.52. The van der Waals surface area contributed by atoms with E-state index in [2.05, 4.69) is 43.3 Å². The fourth-order valence-corrected chi connectivity index (χ4v) is 1.61. The average Bonchev–Trinajstić information content (AvgIpc) is 2.59. The summed E-state index contributed by atoms with van der Waals surface area (Å²) in [7, 11) is 0. The lowest BCUT2D eigenvalue weighted by Gasteiger charge is -2.16. The van der Waals surface area contributed by atoms with Crippen molar-refractivity contribution in [2.75, 3.05) is 6.61 Å². The fraction of sp³-hybridized carbons (Fsp3) is 0.905. The lowest BCUT2D eigenvalue weighted by atomic mass is 10.0. The molecule has 31 heavy (non-hydrogen) atoms. The molecule has 1 atom stereocenters. The first-order valence-electron chi connectivity index (χ1n) is 10.6. The minimum atomic E-state index is -0.917. The maximum Gasteiger partial charge on any atom is 0.542 e. The Morgan fingerprint density at radius 3 is 1.68 bits per heavy atom. The largest absolute Gasteiger partial charge is 0.542 e. The molecule has 10 heteroatoms. The van der Waals surface area contributed by atoms with E-state index in [1.54, 1.807) is 55.4 Å². The topological polar surface area (TPSA) is 108 Å². The van der Waals surface area contributed by atoms with Gasteiger partial charge in [-0.05, 0) is 77.8 Å². The van der Waals surface area contributed by atoms with Crippen molar-refractivity contribution in [1.82, 2.24) is 0 Å². The van der Waals surface area contributed by atoms with Gasteiger partial charge >= 0.3 is 12.3 Å². The molecule has 0 aliphatic carbocycles. The van der Waals surface area contributed by atoms with Gasteiger partial charge in [-0.3, -0.25) is 0 Å². The van der Waals surface area contributed by atoms with Crippen LogP contribution >= 0.6 is 0 Å². The van der Waals surface area contributed by atoms with Crippen LogP contribution in [0.15, 0.2) is 0 Å². The SMILES string of the molecule is CC(C)OC(=O)OOOC(C)(C)C.CCCCC(CC)COC(=O)OOOC(C)(C)C. The van der Waals surface area contributed by atoms with Gasteiger partial charge in [0.15, 0.2) is 0 Å². The summed E-state index contributed by atoms with van der Waals surface area (Å²) in [4.78, 5) is 39.8. The highest BCUT2D eigenvalue weighted by Crippen LogP contribution is 2.13.